The molecule has 0 unspecified atom stereocenters. The molecule has 1 heterocycles. The van der Waals surface area contributed by atoms with Gasteiger partial charge < -0.3 is 5.32 Å². The van der Waals surface area contributed by atoms with Crippen LogP contribution in [0.15, 0.2) is 53.7 Å². The van der Waals surface area contributed by atoms with E-state index < -0.39 is 32.8 Å². The highest BCUT2D eigenvalue weighted by molar-refractivity contribution is 7.89. The van der Waals surface area contributed by atoms with Gasteiger partial charge in [-0.15, -0.1) is 0 Å². The molecule has 0 radical (unpaired) electrons. The van der Waals surface area contributed by atoms with Crippen molar-refractivity contribution in [2.45, 2.75) is 17.7 Å². The van der Waals surface area contributed by atoms with Crippen molar-refractivity contribution in [3.8, 4) is 0 Å². The predicted molar refractivity (Wildman–Crippen MR) is 102 cm³/mol. The minimum Gasteiger partial charge on any atom is -0.326 e. The van der Waals surface area contributed by atoms with Gasteiger partial charge in [-0.05, 0) is 29.1 Å². The number of hydrogen-bond acceptors (Lipinski definition) is 4. The van der Waals surface area contributed by atoms with Gasteiger partial charge in [0.2, 0.25) is 15.9 Å². The zero-order chi connectivity index (χ0) is 20.5. The van der Waals surface area contributed by atoms with E-state index in [1.807, 2.05) is 0 Å². The molecule has 0 aliphatic rings. The van der Waals surface area contributed by atoms with Crippen molar-refractivity contribution in [1.82, 2.24) is 4.98 Å². The summed E-state index contributed by atoms with van der Waals surface area (Å²) < 4.78 is 50.5. The van der Waals surface area contributed by atoms with Crippen LogP contribution >= 0.6 is 11.6 Å². The maximum atomic E-state index is 13.3. The molecule has 6 nitrogen and oxygen atoms in total. The number of anilines is 1. The van der Waals surface area contributed by atoms with Crippen LogP contribution < -0.4 is 10.5 Å². The van der Waals surface area contributed by atoms with E-state index in [1.165, 1.54) is 6.07 Å². The molecular formula is C18H14ClF2N3O3S. The molecule has 0 fully saturated rings. The quantitative estimate of drug-likeness (QED) is 0.651. The number of fused-ring (bicyclic) bond motifs is 1. The van der Waals surface area contributed by atoms with Crippen LogP contribution in [0, 0.1) is 0 Å². The Morgan fingerprint density at radius 2 is 1.89 bits per heavy atom. The van der Waals surface area contributed by atoms with Crippen molar-refractivity contribution in [3.63, 3.8) is 0 Å². The topological polar surface area (TPSA) is 102 Å². The lowest BCUT2D eigenvalue weighted by Gasteiger charge is -2.13. The standard InChI is InChI=1S/C18H14ClF2N3O3S/c19-15-4-2-1-3-10(15)5-17(25)24-11-6-12-13(16(7-11)28(22,26)27)8-23-9-14(12)18(20)21/h1-4,6-9,18H,5H2,(H,24,25)(H2,22,26,27). The van der Waals surface area contributed by atoms with Gasteiger partial charge in [-0.25, -0.2) is 22.3 Å². The Labute approximate surface area is 164 Å². The van der Waals surface area contributed by atoms with Crippen LogP contribution in [0.5, 0.6) is 0 Å². The van der Waals surface area contributed by atoms with Crippen LogP contribution in [0.2, 0.25) is 5.02 Å². The molecule has 146 valence electrons. The molecule has 0 atom stereocenters. The Hall–Kier alpha value is -2.62. The summed E-state index contributed by atoms with van der Waals surface area (Å²) in [6.45, 7) is 0. The number of amides is 1. The van der Waals surface area contributed by atoms with Crippen LogP contribution in [0.1, 0.15) is 17.6 Å². The molecule has 0 bridgehead atoms. The van der Waals surface area contributed by atoms with E-state index >= 15 is 0 Å². The van der Waals surface area contributed by atoms with Gasteiger partial charge in [-0.1, -0.05) is 29.8 Å². The first-order chi connectivity index (χ1) is 13.2. The molecule has 0 saturated heterocycles. The van der Waals surface area contributed by atoms with E-state index in [4.69, 9.17) is 16.7 Å². The minimum absolute atomic E-state index is 0.0154. The van der Waals surface area contributed by atoms with Crippen LogP contribution in [-0.4, -0.2) is 19.3 Å². The molecule has 1 amide bonds. The number of nitrogens with one attached hydrogen (secondary N) is 1. The highest BCUT2D eigenvalue weighted by Gasteiger charge is 2.20. The first-order valence-corrected chi connectivity index (χ1v) is 9.85. The summed E-state index contributed by atoms with van der Waals surface area (Å²) in [5, 5.41) is 8.00. The number of carbonyl (C=O) groups excluding carboxylic acids is 1. The second-order valence-electron chi connectivity index (χ2n) is 5.96. The Morgan fingerprint density at radius 1 is 1.18 bits per heavy atom. The fourth-order valence-corrected chi connectivity index (χ4v) is 3.72. The van der Waals surface area contributed by atoms with E-state index in [9.17, 15) is 22.0 Å². The third kappa shape index (κ3) is 4.27. The van der Waals surface area contributed by atoms with E-state index in [0.29, 0.717) is 10.6 Å². The number of benzene rings is 2. The first kappa shape index (κ1) is 20.1. The summed E-state index contributed by atoms with van der Waals surface area (Å²) in [4.78, 5) is 15.6. The normalized spacial score (nSPS) is 11.8. The van der Waals surface area contributed by atoms with E-state index in [1.54, 1.807) is 24.3 Å². The average Bonchev–Trinajstić information content (AvgIpc) is 2.61. The molecular weight excluding hydrogens is 412 g/mol. The second-order valence-corrected chi connectivity index (χ2v) is 7.90. The maximum absolute atomic E-state index is 13.3. The lowest BCUT2D eigenvalue weighted by Crippen LogP contribution is -2.17. The number of aromatic nitrogens is 1. The van der Waals surface area contributed by atoms with Crippen molar-refractivity contribution >= 4 is 44.0 Å². The Bertz CT molecular complexity index is 1170. The van der Waals surface area contributed by atoms with Crippen molar-refractivity contribution in [3.05, 3.63) is 64.9 Å². The first-order valence-electron chi connectivity index (χ1n) is 7.92. The summed E-state index contributed by atoms with van der Waals surface area (Å²) >= 11 is 6.02. The summed E-state index contributed by atoms with van der Waals surface area (Å²) in [7, 11) is -4.25. The fourth-order valence-electron chi connectivity index (χ4n) is 2.76. The van der Waals surface area contributed by atoms with Gasteiger partial charge in [0.05, 0.1) is 11.3 Å². The lowest BCUT2D eigenvalue weighted by atomic mass is 10.1. The molecule has 3 N–H and O–H groups in total. The zero-order valence-electron chi connectivity index (χ0n) is 14.2. The SMILES string of the molecule is NS(=O)(=O)c1cc(NC(=O)Cc2ccccc2Cl)cc2c(C(F)F)cncc12. The third-order valence-corrected chi connectivity index (χ3v) is 5.32. The molecule has 3 aromatic rings. The largest absolute Gasteiger partial charge is 0.326 e. The number of primary sulfonamides is 1. The lowest BCUT2D eigenvalue weighted by molar-refractivity contribution is -0.115. The number of carbonyl (C=O) groups is 1. The van der Waals surface area contributed by atoms with Crippen molar-refractivity contribution in [1.29, 1.82) is 0 Å². The van der Waals surface area contributed by atoms with Gasteiger partial charge in [0.25, 0.3) is 6.43 Å². The number of sulfonamides is 1. The number of pyridine rings is 1. The highest BCUT2D eigenvalue weighted by atomic mass is 35.5. The Balaban J connectivity index is 2.05. The smallest absolute Gasteiger partial charge is 0.265 e. The van der Waals surface area contributed by atoms with E-state index in [0.717, 1.165) is 18.5 Å². The van der Waals surface area contributed by atoms with Crippen LogP contribution in [-0.2, 0) is 21.2 Å². The number of alkyl halides is 2. The van der Waals surface area contributed by atoms with Gasteiger partial charge in [0.1, 0.15) is 0 Å². The zero-order valence-corrected chi connectivity index (χ0v) is 15.8. The average molecular weight is 426 g/mol. The summed E-state index contributed by atoms with van der Waals surface area (Å²) in [6, 6.07) is 9.09. The molecule has 3 rings (SSSR count). The maximum Gasteiger partial charge on any atom is 0.265 e. The van der Waals surface area contributed by atoms with Gasteiger partial charge in [-0.3, -0.25) is 9.78 Å². The number of nitrogens with two attached hydrogens (primary N) is 1. The predicted octanol–water partition coefficient (Wildman–Crippen LogP) is 3.65. The third-order valence-electron chi connectivity index (χ3n) is 4.00. The molecule has 0 spiro atoms. The molecule has 2 aromatic carbocycles. The number of rotatable bonds is 5. The Morgan fingerprint density at radius 3 is 2.54 bits per heavy atom. The molecule has 0 saturated carbocycles. The molecule has 0 aliphatic carbocycles. The van der Waals surface area contributed by atoms with E-state index in [2.05, 4.69) is 10.3 Å². The fraction of sp³-hybridized carbons (Fsp3) is 0.111. The highest BCUT2D eigenvalue weighted by Crippen LogP contribution is 2.33. The molecule has 0 aliphatic heterocycles. The van der Waals surface area contributed by atoms with Crippen LogP contribution in [0.25, 0.3) is 10.8 Å². The number of nitrogens with zero attached hydrogens (tertiary/aromatic N) is 1. The van der Waals surface area contributed by atoms with E-state index in [-0.39, 0.29) is 22.9 Å². The number of hydrogen-bond donors (Lipinski definition) is 2. The van der Waals surface area contributed by atoms with Crippen molar-refractivity contribution < 1.29 is 22.0 Å². The number of halogens is 3. The summed E-state index contributed by atoms with van der Waals surface area (Å²) in [5.74, 6) is -0.500. The van der Waals surface area contributed by atoms with Crippen LogP contribution in [0.4, 0.5) is 14.5 Å². The summed E-state index contributed by atoms with van der Waals surface area (Å²) in [6.07, 6.45) is -0.898. The second kappa shape index (κ2) is 7.78. The Kier molecular flexibility index (Phi) is 5.59. The molecule has 1 aromatic heterocycles. The molecule has 28 heavy (non-hydrogen) atoms. The van der Waals surface area contributed by atoms with Gasteiger partial charge >= 0.3 is 0 Å². The minimum atomic E-state index is -4.25. The van der Waals surface area contributed by atoms with Gasteiger partial charge in [-0.2, -0.15) is 0 Å². The summed E-state index contributed by atoms with van der Waals surface area (Å²) in [5.41, 5.74) is 0.109. The molecule has 10 heteroatoms. The van der Waals surface area contributed by atoms with Crippen molar-refractivity contribution in [2.24, 2.45) is 5.14 Å². The van der Waals surface area contributed by atoms with Gasteiger partial charge in [0.15, 0.2) is 0 Å². The van der Waals surface area contributed by atoms with Crippen molar-refractivity contribution in [2.75, 3.05) is 5.32 Å². The monoisotopic (exact) mass is 425 g/mol. The van der Waals surface area contributed by atoms with Crippen LogP contribution in [0.3, 0.4) is 0 Å². The van der Waals surface area contributed by atoms with Gasteiger partial charge in [0, 0.05) is 34.1 Å².